The molecule has 0 unspecified atom stereocenters. The fourth-order valence-electron chi connectivity index (χ4n) is 3.97. The van der Waals surface area contributed by atoms with Crippen LogP contribution in [0.4, 0.5) is 5.69 Å². The van der Waals surface area contributed by atoms with Crippen LogP contribution in [-0.2, 0) is 13.2 Å². The monoisotopic (exact) mass is 458 g/mol. The van der Waals surface area contributed by atoms with Crippen molar-refractivity contribution in [1.82, 2.24) is 9.80 Å². The molecule has 1 aliphatic rings. The maximum atomic E-state index is 12.9. The minimum atomic E-state index is -0.543. The predicted octanol–water partition coefficient (Wildman–Crippen LogP) is 3.36. The second-order valence-corrected chi connectivity index (χ2v) is 8.58. The summed E-state index contributed by atoms with van der Waals surface area (Å²) in [5.41, 5.74) is 9.04. The molecule has 0 bridgehead atoms. The van der Waals surface area contributed by atoms with E-state index in [1.54, 1.807) is 36.4 Å². The van der Waals surface area contributed by atoms with Gasteiger partial charge in [-0.15, -0.1) is 0 Å². The normalized spacial score (nSPS) is 14.5. The highest BCUT2D eigenvalue weighted by Crippen LogP contribution is 2.20. The van der Waals surface area contributed by atoms with Gasteiger partial charge in [0.05, 0.1) is 5.56 Å². The first kappa shape index (κ1) is 23.5. The molecule has 3 N–H and O–H groups in total. The number of para-hydroxylation sites is 1. The molecule has 1 heterocycles. The first-order valence-corrected chi connectivity index (χ1v) is 11.4. The van der Waals surface area contributed by atoms with Gasteiger partial charge in [0.15, 0.2) is 0 Å². The van der Waals surface area contributed by atoms with Crippen molar-refractivity contribution in [3.63, 3.8) is 0 Å². The number of primary amides is 1. The van der Waals surface area contributed by atoms with Gasteiger partial charge in [-0.05, 0) is 54.6 Å². The van der Waals surface area contributed by atoms with E-state index in [-0.39, 0.29) is 12.5 Å². The summed E-state index contributed by atoms with van der Waals surface area (Å²) in [7, 11) is 2.15. The highest BCUT2D eigenvalue weighted by atomic mass is 16.5. The molecule has 176 valence electrons. The molecule has 1 fully saturated rings. The minimum Gasteiger partial charge on any atom is -0.488 e. The van der Waals surface area contributed by atoms with Crippen LogP contribution in [0, 0.1) is 0 Å². The Hall–Kier alpha value is -3.68. The van der Waals surface area contributed by atoms with E-state index in [4.69, 9.17) is 10.5 Å². The van der Waals surface area contributed by atoms with Crippen molar-refractivity contribution in [2.24, 2.45) is 5.73 Å². The zero-order chi connectivity index (χ0) is 23.9. The highest BCUT2D eigenvalue weighted by molar-refractivity contribution is 6.04. The molecule has 1 saturated heterocycles. The number of nitrogens with zero attached hydrogens (tertiary/aromatic N) is 2. The van der Waals surface area contributed by atoms with Gasteiger partial charge in [-0.3, -0.25) is 14.5 Å². The smallest absolute Gasteiger partial charge is 0.255 e. The van der Waals surface area contributed by atoms with Gasteiger partial charge >= 0.3 is 0 Å². The van der Waals surface area contributed by atoms with Crippen LogP contribution in [-0.4, -0.2) is 54.8 Å². The van der Waals surface area contributed by atoms with Gasteiger partial charge in [-0.25, -0.2) is 0 Å². The zero-order valence-electron chi connectivity index (χ0n) is 19.4. The van der Waals surface area contributed by atoms with Crippen LogP contribution in [0.2, 0.25) is 0 Å². The highest BCUT2D eigenvalue weighted by Gasteiger charge is 2.14. The summed E-state index contributed by atoms with van der Waals surface area (Å²) in [4.78, 5) is 29.2. The van der Waals surface area contributed by atoms with Gasteiger partial charge in [0.2, 0.25) is 0 Å². The Morgan fingerprint density at radius 1 is 0.912 bits per heavy atom. The van der Waals surface area contributed by atoms with Crippen LogP contribution in [0.25, 0.3) is 0 Å². The van der Waals surface area contributed by atoms with E-state index in [0.29, 0.717) is 16.9 Å². The molecule has 7 heteroatoms. The van der Waals surface area contributed by atoms with E-state index in [2.05, 4.69) is 28.2 Å². The van der Waals surface area contributed by atoms with E-state index in [9.17, 15) is 9.59 Å². The number of benzene rings is 3. The Morgan fingerprint density at radius 3 is 2.44 bits per heavy atom. The van der Waals surface area contributed by atoms with Crippen molar-refractivity contribution in [1.29, 1.82) is 0 Å². The Bertz CT molecular complexity index is 1160. The van der Waals surface area contributed by atoms with E-state index in [1.165, 1.54) is 5.56 Å². The lowest BCUT2D eigenvalue weighted by atomic mass is 10.1. The number of piperazine rings is 1. The second-order valence-electron chi connectivity index (χ2n) is 8.58. The number of nitrogens with one attached hydrogen (secondary N) is 1. The molecule has 0 spiro atoms. The Kier molecular flexibility index (Phi) is 7.57. The summed E-state index contributed by atoms with van der Waals surface area (Å²) in [6.07, 6.45) is 0. The van der Waals surface area contributed by atoms with Crippen LogP contribution in [0.1, 0.15) is 31.8 Å². The number of carbonyl (C=O) groups is 2. The molecule has 3 aromatic rings. The van der Waals surface area contributed by atoms with Crippen LogP contribution in [0.3, 0.4) is 0 Å². The quantitative estimate of drug-likeness (QED) is 0.540. The lowest BCUT2D eigenvalue weighted by Crippen LogP contribution is -2.43. The average Bonchev–Trinajstić information content (AvgIpc) is 2.85. The van der Waals surface area contributed by atoms with Crippen LogP contribution >= 0.6 is 0 Å². The molecule has 4 rings (SSSR count). The first-order valence-electron chi connectivity index (χ1n) is 11.4. The lowest BCUT2D eigenvalue weighted by molar-refractivity contribution is 0.0994. The van der Waals surface area contributed by atoms with Crippen LogP contribution in [0.15, 0.2) is 72.8 Å². The van der Waals surface area contributed by atoms with Gasteiger partial charge in [-0.1, -0.05) is 36.4 Å². The van der Waals surface area contributed by atoms with Crippen molar-refractivity contribution in [3.05, 3.63) is 95.1 Å². The summed E-state index contributed by atoms with van der Waals surface area (Å²) in [5, 5.41) is 3.00. The number of anilines is 1. The van der Waals surface area contributed by atoms with Gasteiger partial charge in [0.25, 0.3) is 11.8 Å². The van der Waals surface area contributed by atoms with E-state index >= 15 is 0 Å². The molecule has 0 atom stereocenters. The third-order valence-corrected chi connectivity index (χ3v) is 5.92. The summed E-state index contributed by atoms with van der Waals surface area (Å²) in [6.45, 7) is 5.33. The molecule has 34 heavy (non-hydrogen) atoms. The average molecular weight is 459 g/mol. The molecule has 0 aliphatic carbocycles. The Labute approximate surface area is 200 Å². The number of carbonyl (C=O) groups excluding carboxylic acids is 2. The fraction of sp³-hybridized carbons (Fsp3) is 0.259. The maximum Gasteiger partial charge on any atom is 0.255 e. The molecule has 7 nitrogen and oxygen atoms in total. The van der Waals surface area contributed by atoms with E-state index in [0.717, 1.165) is 44.0 Å². The number of amides is 2. The number of hydrogen-bond acceptors (Lipinski definition) is 5. The SMILES string of the molecule is CN1CCN(Cc2cccc(NC(=O)c3cccc(COc4ccccc4C(N)=O)c3)c2)CC1. The number of rotatable bonds is 8. The summed E-state index contributed by atoms with van der Waals surface area (Å²) in [6, 6.07) is 22.1. The van der Waals surface area contributed by atoms with Crippen LogP contribution in [0.5, 0.6) is 5.75 Å². The van der Waals surface area contributed by atoms with E-state index < -0.39 is 5.91 Å². The summed E-state index contributed by atoms with van der Waals surface area (Å²) >= 11 is 0. The number of nitrogens with two attached hydrogens (primary N) is 1. The topological polar surface area (TPSA) is 87.9 Å². The largest absolute Gasteiger partial charge is 0.488 e. The van der Waals surface area contributed by atoms with Gasteiger partial charge in [-0.2, -0.15) is 0 Å². The van der Waals surface area contributed by atoms with Crippen LogP contribution < -0.4 is 15.8 Å². The van der Waals surface area contributed by atoms with Gasteiger partial charge < -0.3 is 20.7 Å². The minimum absolute atomic E-state index is 0.184. The Morgan fingerprint density at radius 2 is 1.65 bits per heavy atom. The van der Waals surface area contributed by atoms with Crippen molar-refractivity contribution in [2.75, 3.05) is 38.5 Å². The fourth-order valence-corrected chi connectivity index (χ4v) is 3.97. The molecule has 0 saturated carbocycles. The maximum absolute atomic E-state index is 12.9. The van der Waals surface area contributed by atoms with Crippen molar-refractivity contribution >= 4 is 17.5 Å². The predicted molar refractivity (Wildman–Crippen MR) is 133 cm³/mol. The molecule has 2 amide bonds. The summed E-state index contributed by atoms with van der Waals surface area (Å²) < 4.78 is 5.79. The second kappa shape index (κ2) is 11.0. The molecular weight excluding hydrogens is 428 g/mol. The van der Waals surface area contributed by atoms with Gasteiger partial charge in [0.1, 0.15) is 12.4 Å². The third kappa shape index (κ3) is 6.21. The van der Waals surface area contributed by atoms with Crippen molar-refractivity contribution in [2.45, 2.75) is 13.2 Å². The zero-order valence-corrected chi connectivity index (χ0v) is 19.4. The van der Waals surface area contributed by atoms with E-state index in [1.807, 2.05) is 30.3 Å². The summed E-state index contributed by atoms with van der Waals surface area (Å²) in [5.74, 6) is -0.309. The van der Waals surface area contributed by atoms with Crippen molar-refractivity contribution < 1.29 is 14.3 Å². The third-order valence-electron chi connectivity index (χ3n) is 5.92. The first-order chi connectivity index (χ1) is 16.5. The number of likely N-dealkylation sites (N-methyl/N-ethyl adjacent to an activating group) is 1. The Balaban J connectivity index is 1.38. The van der Waals surface area contributed by atoms with Crippen molar-refractivity contribution in [3.8, 4) is 5.75 Å². The lowest BCUT2D eigenvalue weighted by Gasteiger charge is -2.32. The standard InChI is InChI=1S/C27H30N4O3/c1-30-12-14-31(15-13-30)18-20-6-5-9-23(17-20)29-27(33)22-8-4-7-21(16-22)19-34-25-11-3-2-10-24(25)26(28)32/h2-11,16-17H,12-15,18-19H2,1H3,(H2,28,32)(H,29,33). The number of hydrogen-bond donors (Lipinski definition) is 2. The molecule has 0 aromatic heterocycles. The van der Waals surface area contributed by atoms with Gasteiger partial charge in [0, 0.05) is 44.0 Å². The molecule has 1 aliphatic heterocycles. The molecule has 3 aromatic carbocycles. The molecule has 0 radical (unpaired) electrons. The number of ether oxygens (including phenoxy) is 1. The molecular formula is C27H30N4O3.